The van der Waals surface area contributed by atoms with Crippen molar-refractivity contribution in [3.05, 3.63) is 23.9 Å². The average Bonchev–Trinajstić information content (AvgIpc) is 2.52. The van der Waals surface area contributed by atoms with Gasteiger partial charge >= 0.3 is 0 Å². The third-order valence-electron chi connectivity index (χ3n) is 3.59. The van der Waals surface area contributed by atoms with Crippen LogP contribution < -0.4 is 10.2 Å². The molecule has 1 aliphatic heterocycles. The van der Waals surface area contributed by atoms with Gasteiger partial charge in [0.15, 0.2) is 0 Å². The number of nitrogens with one attached hydrogen (secondary N) is 1. The van der Waals surface area contributed by atoms with E-state index in [0.717, 1.165) is 31.7 Å². The molecule has 0 unspecified atom stereocenters. The highest BCUT2D eigenvalue weighted by molar-refractivity contribution is 5.98. The molecule has 1 saturated heterocycles. The maximum absolute atomic E-state index is 12.3. The second-order valence-corrected chi connectivity index (χ2v) is 5.77. The van der Waals surface area contributed by atoms with Gasteiger partial charge in [-0.15, -0.1) is 0 Å². The van der Waals surface area contributed by atoms with Gasteiger partial charge in [0.05, 0.1) is 18.8 Å². The van der Waals surface area contributed by atoms with E-state index < -0.39 is 0 Å². The molecule has 0 atom stereocenters. The van der Waals surface area contributed by atoms with Crippen molar-refractivity contribution in [2.24, 2.45) is 5.92 Å². The minimum atomic E-state index is -0.0339. The Morgan fingerprint density at radius 3 is 2.90 bits per heavy atom. The molecule has 5 heteroatoms. The average molecular weight is 291 g/mol. The number of rotatable bonds is 6. The fourth-order valence-electron chi connectivity index (χ4n) is 2.41. The molecular formula is C16H25N3O2. The maximum Gasteiger partial charge on any atom is 0.255 e. The Bertz CT molecular complexity index is 457. The van der Waals surface area contributed by atoms with E-state index in [1.54, 1.807) is 6.20 Å². The molecule has 5 nitrogen and oxygen atoms in total. The Kier molecular flexibility index (Phi) is 5.99. The zero-order chi connectivity index (χ0) is 15.1. The molecule has 1 amide bonds. The summed E-state index contributed by atoms with van der Waals surface area (Å²) >= 11 is 0. The lowest BCUT2D eigenvalue weighted by Crippen LogP contribution is -2.38. The first-order valence-electron chi connectivity index (χ1n) is 7.74. The van der Waals surface area contributed by atoms with Gasteiger partial charge in [0.2, 0.25) is 0 Å². The van der Waals surface area contributed by atoms with Crippen molar-refractivity contribution < 1.29 is 9.53 Å². The predicted molar refractivity (Wildman–Crippen MR) is 83.7 cm³/mol. The monoisotopic (exact) mass is 291 g/mol. The number of amides is 1. The summed E-state index contributed by atoms with van der Waals surface area (Å²) in [5.41, 5.74) is 0.656. The van der Waals surface area contributed by atoms with Gasteiger partial charge in [-0.1, -0.05) is 13.8 Å². The van der Waals surface area contributed by atoms with Gasteiger partial charge in [-0.2, -0.15) is 0 Å². The first kappa shape index (κ1) is 15.8. The summed E-state index contributed by atoms with van der Waals surface area (Å²) in [7, 11) is 0. The minimum absolute atomic E-state index is 0.0339. The number of aromatic nitrogens is 1. The van der Waals surface area contributed by atoms with Crippen molar-refractivity contribution in [1.82, 2.24) is 10.3 Å². The van der Waals surface area contributed by atoms with Crippen LogP contribution in [0.4, 0.5) is 5.82 Å². The van der Waals surface area contributed by atoms with Gasteiger partial charge in [0.25, 0.3) is 5.91 Å². The number of ether oxygens (including phenoxy) is 1. The van der Waals surface area contributed by atoms with Crippen LogP contribution in [0.2, 0.25) is 0 Å². The van der Waals surface area contributed by atoms with E-state index >= 15 is 0 Å². The van der Waals surface area contributed by atoms with Crippen molar-refractivity contribution in [1.29, 1.82) is 0 Å². The summed E-state index contributed by atoms with van der Waals surface area (Å²) in [6.45, 7) is 8.04. The summed E-state index contributed by atoms with van der Waals surface area (Å²) in [6.07, 6.45) is 3.88. The maximum atomic E-state index is 12.3. The number of pyridine rings is 1. The number of hydrogen-bond donors (Lipinski definition) is 1. The zero-order valence-electron chi connectivity index (χ0n) is 13.0. The summed E-state index contributed by atoms with van der Waals surface area (Å²) in [5.74, 6) is 1.40. The summed E-state index contributed by atoms with van der Waals surface area (Å²) in [5, 5.41) is 3.00. The summed E-state index contributed by atoms with van der Waals surface area (Å²) in [6, 6.07) is 3.66. The van der Waals surface area contributed by atoms with Crippen LogP contribution in [0.25, 0.3) is 0 Å². The molecule has 1 aromatic rings. The highest BCUT2D eigenvalue weighted by Gasteiger charge is 2.19. The van der Waals surface area contributed by atoms with E-state index in [1.165, 1.54) is 0 Å². The molecule has 0 aromatic carbocycles. The van der Waals surface area contributed by atoms with Crippen LogP contribution >= 0.6 is 0 Å². The van der Waals surface area contributed by atoms with Crippen LogP contribution in [0.15, 0.2) is 18.3 Å². The first-order valence-corrected chi connectivity index (χ1v) is 7.74. The van der Waals surface area contributed by atoms with Crippen molar-refractivity contribution in [2.75, 3.05) is 37.7 Å². The minimum Gasteiger partial charge on any atom is -0.378 e. The molecule has 0 radical (unpaired) electrons. The summed E-state index contributed by atoms with van der Waals surface area (Å²) < 4.78 is 5.35. The topological polar surface area (TPSA) is 54.5 Å². The van der Waals surface area contributed by atoms with E-state index in [-0.39, 0.29) is 5.91 Å². The lowest BCUT2D eigenvalue weighted by Gasteiger charge is -2.29. The molecule has 1 aromatic heterocycles. The second-order valence-electron chi connectivity index (χ2n) is 5.77. The van der Waals surface area contributed by atoms with E-state index in [1.807, 2.05) is 12.1 Å². The van der Waals surface area contributed by atoms with Crippen molar-refractivity contribution >= 4 is 11.7 Å². The van der Waals surface area contributed by atoms with Gasteiger partial charge in [-0.25, -0.2) is 4.98 Å². The Hall–Kier alpha value is -1.62. The van der Waals surface area contributed by atoms with Gasteiger partial charge in [-0.3, -0.25) is 4.79 Å². The Balaban J connectivity index is 1.96. The zero-order valence-corrected chi connectivity index (χ0v) is 13.0. The smallest absolute Gasteiger partial charge is 0.255 e. The number of morpholine rings is 1. The fraction of sp³-hybridized carbons (Fsp3) is 0.625. The van der Waals surface area contributed by atoms with Crippen LogP contribution in [-0.2, 0) is 4.74 Å². The first-order chi connectivity index (χ1) is 10.2. The molecule has 21 heavy (non-hydrogen) atoms. The number of carbonyl (C=O) groups excluding carboxylic acids is 1. The fourth-order valence-corrected chi connectivity index (χ4v) is 2.41. The lowest BCUT2D eigenvalue weighted by atomic mass is 10.1. The van der Waals surface area contributed by atoms with Crippen LogP contribution in [0.1, 0.15) is 37.0 Å². The number of nitrogens with zero attached hydrogens (tertiary/aromatic N) is 2. The highest BCUT2D eigenvalue weighted by Crippen LogP contribution is 2.18. The van der Waals surface area contributed by atoms with E-state index in [9.17, 15) is 4.79 Å². The quantitative estimate of drug-likeness (QED) is 0.815. The normalized spacial score (nSPS) is 15.3. The molecule has 2 rings (SSSR count). The molecule has 2 heterocycles. The van der Waals surface area contributed by atoms with E-state index in [2.05, 4.69) is 29.0 Å². The molecular weight excluding hydrogens is 266 g/mol. The predicted octanol–water partition coefficient (Wildman–Crippen LogP) is 2.08. The van der Waals surface area contributed by atoms with Crippen LogP contribution in [0.3, 0.4) is 0 Å². The third-order valence-corrected chi connectivity index (χ3v) is 3.59. The van der Waals surface area contributed by atoms with Crippen molar-refractivity contribution in [3.63, 3.8) is 0 Å². The van der Waals surface area contributed by atoms with E-state index in [0.29, 0.717) is 31.2 Å². The number of anilines is 1. The number of carbonyl (C=O) groups is 1. The molecule has 0 spiro atoms. The Labute approximate surface area is 126 Å². The lowest BCUT2D eigenvalue weighted by molar-refractivity contribution is 0.0950. The van der Waals surface area contributed by atoms with Crippen molar-refractivity contribution in [3.8, 4) is 0 Å². The molecule has 1 fully saturated rings. The molecule has 1 N–H and O–H groups in total. The standard InChI is InChI=1S/C16H25N3O2/c1-13(2)5-3-8-18-16(20)14-6-4-7-17-15(14)19-9-11-21-12-10-19/h4,6-7,13H,3,5,8-12H2,1-2H3,(H,18,20). The molecule has 0 bridgehead atoms. The van der Waals surface area contributed by atoms with E-state index in [4.69, 9.17) is 4.74 Å². The number of hydrogen-bond acceptors (Lipinski definition) is 4. The SMILES string of the molecule is CC(C)CCCNC(=O)c1cccnc1N1CCOCC1. The summed E-state index contributed by atoms with van der Waals surface area (Å²) in [4.78, 5) is 18.9. The molecule has 0 saturated carbocycles. The highest BCUT2D eigenvalue weighted by atomic mass is 16.5. The van der Waals surface area contributed by atoms with Crippen LogP contribution in [0.5, 0.6) is 0 Å². The third kappa shape index (κ3) is 4.70. The second kappa shape index (κ2) is 7.98. The van der Waals surface area contributed by atoms with Gasteiger partial charge in [0.1, 0.15) is 5.82 Å². The van der Waals surface area contributed by atoms with Crippen LogP contribution in [0, 0.1) is 5.92 Å². The van der Waals surface area contributed by atoms with Gasteiger partial charge in [0, 0.05) is 25.8 Å². The van der Waals surface area contributed by atoms with Gasteiger partial charge in [-0.05, 0) is 30.9 Å². The largest absolute Gasteiger partial charge is 0.378 e. The molecule has 1 aliphatic rings. The van der Waals surface area contributed by atoms with Gasteiger partial charge < -0.3 is 15.0 Å². The Morgan fingerprint density at radius 1 is 1.43 bits per heavy atom. The van der Waals surface area contributed by atoms with Crippen LogP contribution in [-0.4, -0.2) is 43.7 Å². The van der Waals surface area contributed by atoms with Crippen molar-refractivity contribution in [2.45, 2.75) is 26.7 Å². The molecule has 0 aliphatic carbocycles. The molecule has 116 valence electrons. The Morgan fingerprint density at radius 2 is 2.19 bits per heavy atom.